The Bertz CT molecular complexity index is 436. The van der Waals surface area contributed by atoms with E-state index >= 15 is 0 Å². The summed E-state index contributed by atoms with van der Waals surface area (Å²) in [6.45, 7) is 4.16. The first-order valence-corrected chi connectivity index (χ1v) is 7.43. The molecule has 0 bridgehead atoms. The lowest BCUT2D eigenvalue weighted by Crippen LogP contribution is -2.30. The van der Waals surface area contributed by atoms with Gasteiger partial charge < -0.3 is 10.6 Å². The van der Waals surface area contributed by atoms with Crippen molar-refractivity contribution in [2.75, 3.05) is 18.0 Å². The lowest BCUT2D eigenvalue weighted by atomic mass is 10.0. The summed E-state index contributed by atoms with van der Waals surface area (Å²) in [6, 6.07) is 4.96. The minimum Gasteiger partial charge on any atom is -0.371 e. The van der Waals surface area contributed by atoms with E-state index < -0.39 is 0 Å². The molecular formula is C16H23FN2. The average Bonchev–Trinajstić information content (AvgIpc) is 3.23. The predicted octanol–water partition coefficient (Wildman–Crippen LogP) is 3.47. The van der Waals surface area contributed by atoms with Crippen LogP contribution >= 0.6 is 0 Å². The van der Waals surface area contributed by atoms with E-state index in [0.29, 0.717) is 0 Å². The third-order valence-electron chi connectivity index (χ3n) is 4.17. The highest BCUT2D eigenvalue weighted by atomic mass is 19.1. The number of benzene rings is 1. The molecule has 0 spiro atoms. The van der Waals surface area contributed by atoms with E-state index in [9.17, 15) is 4.39 Å². The molecule has 0 saturated heterocycles. The fourth-order valence-electron chi connectivity index (χ4n) is 2.67. The van der Waals surface area contributed by atoms with Gasteiger partial charge in [-0.25, -0.2) is 4.39 Å². The Labute approximate surface area is 114 Å². The van der Waals surface area contributed by atoms with Gasteiger partial charge in [0.1, 0.15) is 5.82 Å². The van der Waals surface area contributed by atoms with Gasteiger partial charge in [0.25, 0.3) is 0 Å². The molecule has 1 unspecified atom stereocenters. The van der Waals surface area contributed by atoms with Gasteiger partial charge in [0.15, 0.2) is 0 Å². The lowest BCUT2D eigenvalue weighted by molar-refractivity contribution is 0.618. The largest absolute Gasteiger partial charge is 0.371 e. The maximum absolute atomic E-state index is 13.4. The zero-order chi connectivity index (χ0) is 13.4. The smallest absolute Gasteiger partial charge is 0.123 e. The van der Waals surface area contributed by atoms with Gasteiger partial charge in [-0.15, -0.1) is 0 Å². The number of rotatable bonds is 6. The Hall–Kier alpha value is -1.09. The minimum atomic E-state index is -0.186. The van der Waals surface area contributed by atoms with Gasteiger partial charge in [-0.2, -0.15) is 0 Å². The zero-order valence-electron chi connectivity index (χ0n) is 11.6. The van der Waals surface area contributed by atoms with E-state index in [2.05, 4.69) is 4.90 Å². The average molecular weight is 262 g/mol. The molecule has 0 amide bonds. The summed E-state index contributed by atoms with van der Waals surface area (Å²) in [5, 5.41) is 0. The number of hydrogen-bond donors (Lipinski definition) is 1. The SMILES string of the molecule is CC(N)c1cc(F)ccc1N(CC1CC1)CC1CC1. The number of hydrogen-bond acceptors (Lipinski definition) is 2. The fourth-order valence-corrected chi connectivity index (χ4v) is 2.67. The van der Waals surface area contributed by atoms with Gasteiger partial charge in [-0.3, -0.25) is 0 Å². The van der Waals surface area contributed by atoms with E-state index in [0.717, 1.165) is 36.2 Å². The molecule has 2 aliphatic rings. The predicted molar refractivity (Wildman–Crippen MR) is 76.7 cm³/mol. The molecular weight excluding hydrogens is 239 g/mol. The van der Waals surface area contributed by atoms with Crippen LogP contribution in [-0.4, -0.2) is 13.1 Å². The van der Waals surface area contributed by atoms with Crippen molar-refractivity contribution in [2.24, 2.45) is 17.6 Å². The zero-order valence-corrected chi connectivity index (χ0v) is 11.6. The molecule has 2 saturated carbocycles. The molecule has 0 radical (unpaired) electrons. The molecule has 2 N–H and O–H groups in total. The van der Waals surface area contributed by atoms with Crippen LogP contribution in [0.2, 0.25) is 0 Å². The van der Waals surface area contributed by atoms with Gasteiger partial charge in [0.05, 0.1) is 0 Å². The Morgan fingerprint density at radius 3 is 2.26 bits per heavy atom. The number of nitrogens with two attached hydrogens (primary N) is 1. The monoisotopic (exact) mass is 262 g/mol. The second-order valence-electron chi connectivity index (χ2n) is 6.28. The van der Waals surface area contributed by atoms with Crippen LogP contribution in [0, 0.1) is 17.7 Å². The second kappa shape index (κ2) is 5.12. The van der Waals surface area contributed by atoms with Gasteiger partial charge in [-0.1, -0.05) is 0 Å². The first kappa shape index (κ1) is 12.9. The summed E-state index contributed by atoms with van der Waals surface area (Å²) in [4.78, 5) is 2.45. The van der Waals surface area contributed by atoms with Gasteiger partial charge in [-0.05, 0) is 68.2 Å². The molecule has 1 atom stereocenters. The van der Waals surface area contributed by atoms with Crippen LogP contribution in [0.5, 0.6) is 0 Å². The van der Waals surface area contributed by atoms with E-state index in [-0.39, 0.29) is 11.9 Å². The third-order valence-corrected chi connectivity index (χ3v) is 4.17. The van der Waals surface area contributed by atoms with Gasteiger partial charge >= 0.3 is 0 Å². The third kappa shape index (κ3) is 3.27. The van der Waals surface area contributed by atoms with Crippen molar-refractivity contribution < 1.29 is 4.39 Å². The Morgan fingerprint density at radius 2 is 1.79 bits per heavy atom. The van der Waals surface area contributed by atoms with Crippen LogP contribution < -0.4 is 10.6 Å². The van der Waals surface area contributed by atoms with E-state index in [4.69, 9.17) is 5.73 Å². The minimum absolute atomic E-state index is 0.119. The molecule has 1 aromatic rings. The normalized spacial score (nSPS) is 20.4. The van der Waals surface area contributed by atoms with Crippen LogP contribution in [-0.2, 0) is 0 Å². The summed E-state index contributed by atoms with van der Waals surface area (Å²) in [5.41, 5.74) is 8.11. The van der Waals surface area contributed by atoms with Crippen LogP contribution in [0.1, 0.15) is 44.2 Å². The topological polar surface area (TPSA) is 29.3 Å². The standard InChI is InChI=1S/C16H23FN2/c1-11(18)15-8-14(17)6-7-16(15)19(9-12-2-3-12)10-13-4-5-13/h6-8,11-13H,2-5,9-10,18H2,1H3. The molecule has 0 heterocycles. The van der Waals surface area contributed by atoms with Crippen molar-refractivity contribution in [3.63, 3.8) is 0 Å². The summed E-state index contributed by atoms with van der Waals surface area (Å²) < 4.78 is 13.4. The first-order chi connectivity index (χ1) is 9.13. The Kier molecular flexibility index (Phi) is 3.48. The Morgan fingerprint density at radius 1 is 1.21 bits per heavy atom. The maximum Gasteiger partial charge on any atom is 0.123 e. The van der Waals surface area contributed by atoms with Crippen LogP contribution in [0.3, 0.4) is 0 Å². The lowest BCUT2D eigenvalue weighted by Gasteiger charge is -2.28. The summed E-state index contributed by atoms with van der Waals surface area (Å²) in [7, 11) is 0. The number of nitrogens with zero attached hydrogens (tertiary/aromatic N) is 1. The molecule has 2 nitrogen and oxygen atoms in total. The van der Waals surface area contributed by atoms with Crippen molar-refractivity contribution in [3.05, 3.63) is 29.6 Å². The van der Waals surface area contributed by atoms with E-state index in [1.165, 1.54) is 25.7 Å². The molecule has 0 aromatic heterocycles. The quantitative estimate of drug-likeness (QED) is 0.850. The van der Waals surface area contributed by atoms with Crippen molar-refractivity contribution in [1.29, 1.82) is 0 Å². The maximum atomic E-state index is 13.4. The molecule has 104 valence electrons. The molecule has 0 aliphatic heterocycles. The van der Waals surface area contributed by atoms with Crippen molar-refractivity contribution in [2.45, 2.75) is 38.6 Å². The van der Waals surface area contributed by atoms with Crippen LogP contribution in [0.25, 0.3) is 0 Å². The number of anilines is 1. The molecule has 3 rings (SSSR count). The Balaban J connectivity index is 1.85. The highest BCUT2D eigenvalue weighted by Gasteiger charge is 2.30. The summed E-state index contributed by atoms with van der Waals surface area (Å²) in [6.07, 6.45) is 5.37. The van der Waals surface area contributed by atoms with Crippen LogP contribution in [0.4, 0.5) is 10.1 Å². The fraction of sp³-hybridized carbons (Fsp3) is 0.625. The van der Waals surface area contributed by atoms with E-state index in [1.807, 2.05) is 13.0 Å². The number of halogens is 1. The van der Waals surface area contributed by atoms with Crippen molar-refractivity contribution in [3.8, 4) is 0 Å². The molecule has 3 heteroatoms. The molecule has 2 aliphatic carbocycles. The highest BCUT2D eigenvalue weighted by molar-refractivity contribution is 5.55. The van der Waals surface area contributed by atoms with Crippen molar-refractivity contribution in [1.82, 2.24) is 0 Å². The van der Waals surface area contributed by atoms with E-state index in [1.54, 1.807) is 12.1 Å². The second-order valence-corrected chi connectivity index (χ2v) is 6.28. The summed E-state index contributed by atoms with van der Waals surface area (Å²) in [5.74, 6) is 1.49. The molecule has 2 fully saturated rings. The molecule has 19 heavy (non-hydrogen) atoms. The summed E-state index contributed by atoms with van der Waals surface area (Å²) >= 11 is 0. The first-order valence-electron chi connectivity index (χ1n) is 7.43. The van der Waals surface area contributed by atoms with Gasteiger partial charge in [0.2, 0.25) is 0 Å². The van der Waals surface area contributed by atoms with Gasteiger partial charge in [0, 0.05) is 24.8 Å². The van der Waals surface area contributed by atoms with Crippen molar-refractivity contribution >= 4 is 5.69 Å². The highest BCUT2D eigenvalue weighted by Crippen LogP contribution is 2.37. The molecule has 1 aromatic carbocycles. The van der Waals surface area contributed by atoms with Crippen LogP contribution in [0.15, 0.2) is 18.2 Å².